The molecule has 0 amide bonds. The second-order valence-electron chi connectivity index (χ2n) is 3.47. The molecule has 17 heavy (non-hydrogen) atoms. The van der Waals surface area contributed by atoms with E-state index in [0.29, 0.717) is 5.56 Å². The van der Waals surface area contributed by atoms with E-state index in [1.54, 1.807) is 12.1 Å². The smallest absolute Gasteiger partial charge is 0.335 e. The number of amidine groups is 1. The fraction of sp³-hybridized carbons (Fsp3) is 0.273. The molecule has 0 saturated carbocycles. The van der Waals surface area contributed by atoms with Crippen LogP contribution in [0.3, 0.4) is 0 Å². The highest BCUT2D eigenvalue weighted by Crippen LogP contribution is 2.13. The molecule has 1 aliphatic heterocycles. The van der Waals surface area contributed by atoms with E-state index in [1.165, 1.54) is 0 Å². The zero-order valence-corrected chi connectivity index (χ0v) is 11.9. The molecule has 0 spiro atoms. The topological polar surface area (TPSA) is 52.9 Å². The van der Waals surface area contributed by atoms with Crippen molar-refractivity contribution in [3.8, 4) is 0 Å². The lowest BCUT2D eigenvalue weighted by atomic mass is 10.1. The van der Waals surface area contributed by atoms with Crippen molar-refractivity contribution in [2.75, 3.05) is 17.6 Å². The molecule has 0 fully saturated rings. The predicted octanol–water partition coefficient (Wildman–Crippen LogP) is 2.26. The van der Waals surface area contributed by atoms with Gasteiger partial charge in [0, 0.05) is 12.1 Å². The first-order valence-electron chi connectivity index (χ1n) is 4.91. The normalized spacial score (nSPS) is 14.2. The largest absolute Gasteiger partial charge is 0.478 e. The molecule has 0 atom stereocenters. The first-order chi connectivity index (χ1) is 7.72. The fourth-order valence-corrected chi connectivity index (χ4v) is 2.30. The summed E-state index contributed by atoms with van der Waals surface area (Å²) in [6.07, 6.45) is 0. The van der Waals surface area contributed by atoms with Crippen LogP contribution in [-0.4, -0.2) is 39.5 Å². The standard InChI is InChI=1S/C11H11IN2O2.ClH/c12-7-14-6-5-13-10(14)8-1-3-9(4-2-8)11(15)16;/h1-4H,5-7H2,(H,15,16);1H. The van der Waals surface area contributed by atoms with Gasteiger partial charge in [0.15, 0.2) is 0 Å². The van der Waals surface area contributed by atoms with Crippen molar-refractivity contribution in [2.45, 2.75) is 0 Å². The Bertz CT molecular complexity index is 434. The van der Waals surface area contributed by atoms with Crippen LogP contribution in [0.15, 0.2) is 29.3 Å². The van der Waals surface area contributed by atoms with Crippen molar-refractivity contribution in [3.63, 3.8) is 0 Å². The van der Waals surface area contributed by atoms with E-state index in [0.717, 1.165) is 29.0 Å². The molecule has 6 heteroatoms. The lowest BCUT2D eigenvalue weighted by Crippen LogP contribution is -2.26. The highest BCUT2D eigenvalue weighted by atomic mass is 127. The van der Waals surface area contributed by atoms with Crippen LogP contribution in [0.4, 0.5) is 0 Å². The number of hydrogen-bond acceptors (Lipinski definition) is 3. The molecule has 2 rings (SSSR count). The molecule has 0 aliphatic carbocycles. The van der Waals surface area contributed by atoms with Crippen LogP contribution >= 0.6 is 35.0 Å². The van der Waals surface area contributed by atoms with Gasteiger partial charge in [-0.2, -0.15) is 0 Å². The van der Waals surface area contributed by atoms with E-state index in [4.69, 9.17) is 5.11 Å². The fourth-order valence-electron chi connectivity index (χ4n) is 1.63. The number of carboxylic acids is 1. The van der Waals surface area contributed by atoms with E-state index in [2.05, 4.69) is 32.5 Å². The maximum absolute atomic E-state index is 10.7. The molecular weight excluding hydrogens is 354 g/mol. The van der Waals surface area contributed by atoms with Gasteiger partial charge in [-0.1, -0.05) is 34.7 Å². The Morgan fingerprint density at radius 2 is 2.06 bits per heavy atom. The van der Waals surface area contributed by atoms with E-state index in [-0.39, 0.29) is 12.4 Å². The summed E-state index contributed by atoms with van der Waals surface area (Å²) in [5.41, 5.74) is 1.29. The summed E-state index contributed by atoms with van der Waals surface area (Å²) in [7, 11) is 0. The Morgan fingerprint density at radius 1 is 1.41 bits per heavy atom. The van der Waals surface area contributed by atoms with Gasteiger partial charge in [0.05, 0.1) is 16.7 Å². The maximum atomic E-state index is 10.7. The first kappa shape index (κ1) is 14.2. The Balaban J connectivity index is 0.00000144. The minimum Gasteiger partial charge on any atom is -0.478 e. The summed E-state index contributed by atoms with van der Waals surface area (Å²) < 4.78 is 0.900. The SMILES string of the molecule is Cl.O=C(O)c1ccc(C2=NCCN2CI)cc1. The van der Waals surface area contributed by atoms with Crippen molar-refractivity contribution in [1.29, 1.82) is 0 Å². The van der Waals surface area contributed by atoms with Gasteiger partial charge in [0.1, 0.15) is 5.84 Å². The Kier molecular flexibility index (Phi) is 5.20. The molecule has 1 aliphatic rings. The highest BCUT2D eigenvalue weighted by molar-refractivity contribution is 14.1. The van der Waals surface area contributed by atoms with Gasteiger partial charge in [-0.25, -0.2) is 4.79 Å². The molecule has 4 nitrogen and oxygen atoms in total. The Morgan fingerprint density at radius 3 is 2.59 bits per heavy atom. The quantitative estimate of drug-likeness (QED) is 0.507. The number of aliphatic imine (C=N–C) groups is 1. The van der Waals surface area contributed by atoms with Gasteiger partial charge in [0.25, 0.3) is 0 Å². The highest BCUT2D eigenvalue weighted by Gasteiger charge is 2.17. The number of halogens is 2. The van der Waals surface area contributed by atoms with Crippen molar-refractivity contribution >= 4 is 46.8 Å². The van der Waals surface area contributed by atoms with Crippen LogP contribution < -0.4 is 0 Å². The summed E-state index contributed by atoms with van der Waals surface area (Å²) in [5, 5.41) is 8.80. The monoisotopic (exact) mass is 366 g/mol. The van der Waals surface area contributed by atoms with Gasteiger partial charge in [-0.3, -0.25) is 4.99 Å². The number of aromatic carboxylic acids is 1. The number of carbonyl (C=O) groups is 1. The molecule has 0 unspecified atom stereocenters. The van der Waals surface area contributed by atoms with Crippen LogP contribution in [0.2, 0.25) is 0 Å². The van der Waals surface area contributed by atoms with E-state index in [1.807, 2.05) is 12.1 Å². The van der Waals surface area contributed by atoms with Gasteiger partial charge in [-0.15, -0.1) is 12.4 Å². The van der Waals surface area contributed by atoms with E-state index < -0.39 is 5.97 Å². The zero-order chi connectivity index (χ0) is 11.5. The van der Waals surface area contributed by atoms with Gasteiger partial charge in [0.2, 0.25) is 0 Å². The summed E-state index contributed by atoms with van der Waals surface area (Å²) in [6.45, 7) is 1.76. The minimum atomic E-state index is -0.898. The third kappa shape index (κ3) is 3.10. The zero-order valence-electron chi connectivity index (χ0n) is 8.97. The number of benzene rings is 1. The number of nitrogens with zero attached hydrogens (tertiary/aromatic N) is 2. The minimum absolute atomic E-state index is 0. The molecule has 1 aromatic carbocycles. The average molecular weight is 367 g/mol. The van der Waals surface area contributed by atoms with Crippen molar-refractivity contribution in [2.24, 2.45) is 4.99 Å². The summed E-state index contributed by atoms with van der Waals surface area (Å²) in [4.78, 5) is 17.3. The van der Waals surface area contributed by atoms with Crippen molar-refractivity contribution in [1.82, 2.24) is 4.90 Å². The van der Waals surface area contributed by atoms with Gasteiger partial charge in [-0.05, 0) is 12.1 Å². The van der Waals surface area contributed by atoms with E-state index in [9.17, 15) is 4.79 Å². The average Bonchev–Trinajstić information content (AvgIpc) is 2.77. The van der Waals surface area contributed by atoms with Crippen LogP contribution in [0, 0.1) is 0 Å². The summed E-state index contributed by atoms with van der Waals surface area (Å²) >= 11 is 2.30. The number of carboxylic acid groups (broad SMARTS) is 1. The molecular formula is C11H12ClIN2O2. The molecule has 0 radical (unpaired) electrons. The maximum Gasteiger partial charge on any atom is 0.335 e. The van der Waals surface area contributed by atoms with Crippen LogP contribution in [-0.2, 0) is 0 Å². The van der Waals surface area contributed by atoms with Crippen molar-refractivity contribution in [3.05, 3.63) is 35.4 Å². The molecule has 0 saturated heterocycles. The third-order valence-electron chi connectivity index (χ3n) is 2.47. The molecule has 1 N–H and O–H groups in total. The Labute approximate surface area is 119 Å². The molecule has 92 valence electrons. The molecule has 0 bridgehead atoms. The van der Waals surface area contributed by atoms with E-state index >= 15 is 0 Å². The second kappa shape index (κ2) is 6.20. The third-order valence-corrected chi connectivity index (χ3v) is 3.29. The van der Waals surface area contributed by atoms with Crippen LogP contribution in [0.25, 0.3) is 0 Å². The van der Waals surface area contributed by atoms with Gasteiger partial charge >= 0.3 is 5.97 Å². The predicted molar refractivity (Wildman–Crippen MR) is 77.6 cm³/mol. The number of hydrogen-bond donors (Lipinski definition) is 1. The van der Waals surface area contributed by atoms with Crippen LogP contribution in [0.5, 0.6) is 0 Å². The molecule has 1 aromatic rings. The lowest BCUT2D eigenvalue weighted by molar-refractivity contribution is 0.0697. The molecule has 1 heterocycles. The first-order valence-corrected chi connectivity index (χ1v) is 6.44. The Hall–Kier alpha value is -0.820. The van der Waals surface area contributed by atoms with Crippen molar-refractivity contribution < 1.29 is 9.90 Å². The van der Waals surface area contributed by atoms with Gasteiger partial charge < -0.3 is 10.0 Å². The summed E-state index contributed by atoms with van der Waals surface area (Å²) in [5.74, 6) is 0.0667. The number of rotatable bonds is 3. The second-order valence-corrected chi connectivity index (χ2v) is 4.15. The number of alkyl halides is 1. The summed E-state index contributed by atoms with van der Waals surface area (Å²) in [6, 6.07) is 6.85. The molecule has 0 aromatic heterocycles. The van der Waals surface area contributed by atoms with Crippen LogP contribution in [0.1, 0.15) is 15.9 Å². The lowest BCUT2D eigenvalue weighted by Gasteiger charge is -2.16.